The van der Waals surface area contributed by atoms with Gasteiger partial charge >= 0.3 is 0 Å². The van der Waals surface area contributed by atoms with E-state index in [-0.39, 0.29) is 12.2 Å². The van der Waals surface area contributed by atoms with E-state index >= 15 is 0 Å². The number of hydrogen-bond acceptors (Lipinski definition) is 4. The molecule has 0 bridgehead atoms. The van der Waals surface area contributed by atoms with Gasteiger partial charge in [-0.3, -0.25) is 9.98 Å². The maximum absolute atomic E-state index is 5.17. The molecule has 0 amide bonds. The van der Waals surface area contributed by atoms with Crippen LogP contribution in [0.1, 0.15) is 11.7 Å². The van der Waals surface area contributed by atoms with Crippen LogP contribution >= 0.6 is 11.3 Å². The number of hydrogen-bond donors (Lipinski definition) is 0. The average Bonchev–Trinajstić information content (AvgIpc) is 3.70. The molecule has 194 valence electrons. The third-order valence-electron chi connectivity index (χ3n) is 8.33. The van der Waals surface area contributed by atoms with Gasteiger partial charge in [-0.2, -0.15) is 0 Å². The minimum atomic E-state index is -0.0863. The molecule has 0 N–H and O–H groups in total. The van der Waals surface area contributed by atoms with Crippen LogP contribution in [0.25, 0.3) is 47.8 Å². The summed E-state index contributed by atoms with van der Waals surface area (Å²) in [6.07, 6.45) is 10.4. The van der Waals surface area contributed by atoms with Gasteiger partial charge in [0.2, 0.25) is 0 Å². The Morgan fingerprint density at radius 3 is 2.41 bits per heavy atom. The van der Waals surface area contributed by atoms with Crippen molar-refractivity contribution >= 4 is 64.8 Å². The van der Waals surface area contributed by atoms with Crippen molar-refractivity contribution in [1.82, 2.24) is 9.55 Å². The quantitative estimate of drug-likeness (QED) is 0.222. The van der Waals surface area contributed by atoms with Crippen LogP contribution in [0.15, 0.2) is 139 Å². The normalized spacial score (nSPS) is 18.1. The molecule has 4 aromatic carbocycles. The molecule has 9 rings (SSSR count). The number of thiophene rings is 1. The van der Waals surface area contributed by atoms with Crippen LogP contribution in [0.2, 0.25) is 0 Å². The fraction of sp³-hybridized carbons (Fsp3) is 0.0556. The SMILES string of the molecule is C1=CC2=NC(c3ccc(-n4c5cc6sc7ccccc7c6cc5c5ncccc54)cc3)N(c3ccccc3)C2C=C1. The Morgan fingerprint density at radius 2 is 1.51 bits per heavy atom. The van der Waals surface area contributed by atoms with E-state index in [4.69, 9.17) is 9.98 Å². The molecule has 0 radical (unpaired) electrons. The Morgan fingerprint density at radius 1 is 0.659 bits per heavy atom. The molecule has 3 aromatic heterocycles. The summed E-state index contributed by atoms with van der Waals surface area (Å²) in [5, 5.41) is 3.78. The predicted molar refractivity (Wildman–Crippen MR) is 173 cm³/mol. The zero-order valence-electron chi connectivity index (χ0n) is 22.1. The molecule has 5 heteroatoms. The Kier molecular flexibility index (Phi) is 4.86. The monoisotopic (exact) mass is 544 g/mol. The molecule has 1 aliphatic carbocycles. The first-order valence-corrected chi connectivity index (χ1v) is 14.7. The summed E-state index contributed by atoms with van der Waals surface area (Å²) in [6, 6.07) is 37.2. The minimum Gasteiger partial charge on any atom is -0.334 e. The van der Waals surface area contributed by atoms with Gasteiger partial charge in [0.05, 0.1) is 28.3 Å². The molecule has 4 nitrogen and oxygen atoms in total. The highest BCUT2D eigenvalue weighted by Crippen LogP contribution is 2.41. The predicted octanol–water partition coefficient (Wildman–Crippen LogP) is 9.00. The third-order valence-corrected chi connectivity index (χ3v) is 9.46. The van der Waals surface area contributed by atoms with Crippen LogP contribution in [0.4, 0.5) is 5.69 Å². The van der Waals surface area contributed by atoms with Crippen LogP contribution < -0.4 is 4.90 Å². The number of anilines is 1. The second kappa shape index (κ2) is 8.75. The van der Waals surface area contributed by atoms with Gasteiger partial charge in [-0.25, -0.2) is 0 Å². The zero-order valence-corrected chi connectivity index (χ0v) is 22.9. The van der Waals surface area contributed by atoms with E-state index in [2.05, 4.69) is 131 Å². The lowest BCUT2D eigenvalue weighted by Crippen LogP contribution is -2.35. The highest BCUT2D eigenvalue weighted by atomic mass is 32.1. The Labute approximate surface area is 240 Å². The Hall–Kier alpha value is -5.00. The first-order chi connectivity index (χ1) is 20.3. The summed E-state index contributed by atoms with van der Waals surface area (Å²) in [5.41, 5.74) is 7.90. The van der Waals surface area contributed by atoms with Crippen molar-refractivity contribution < 1.29 is 0 Å². The highest BCUT2D eigenvalue weighted by Gasteiger charge is 2.35. The number of para-hydroxylation sites is 1. The number of aromatic nitrogens is 2. The van der Waals surface area contributed by atoms with Gasteiger partial charge in [-0.15, -0.1) is 11.3 Å². The van der Waals surface area contributed by atoms with Crippen molar-refractivity contribution in [3.05, 3.63) is 139 Å². The lowest BCUT2D eigenvalue weighted by molar-refractivity contribution is 0.696. The first kappa shape index (κ1) is 22.8. The van der Waals surface area contributed by atoms with E-state index in [1.165, 1.54) is 42.3 Å². The molecular formula is C36H24N4S. The number of allylic oxidation sites excluding steroid dienone is 2. The number of rotatable bonds is 3. The summed E-state index contributed by atoms with van der Waals surface area (Å²) in [6.45, 7) is 0. The van der Waals surface area contributed by atoms with Crippen LogP contribution in [0.5, 0.6) is 0 Å². The van der Waals surface area contributed by atoms with E-state index < -0.39 is 0 Å². The van der Waals surface area contributed by atoms with Crippen LogP contribution in [0.3, 0.4) is 0 Å². The number of aliphatic imine (C=N–C) groups is 1. The average molecular weight is 545 g/mol. The minimum absolute atomic E-state index is 0.0863. The van der Waals surface area contributed by atoms with Gasteiger partial charge < -0.3 is 9.47 Å². The number of pyridine rings is 1. The van der Waals surface area contributed by atoms with Gasteiger partial charge in [0, 0.05) is 43.1 Å². The van der Waals surface area contributed by atoms with Crippen molar-refractivity contribution in [2.45, 2.75) is 12.2 Å². The van der Waals surface area contributed by atoms with Crippen LogP contribution in [-0.4, -0.2) is 21.3 Å². The zero-order chi connectivity index (χ0) is 26.9. The molecule has 0 saturated carbocycles. The van der Waals surface area contributed by atoms with Crippen molar-refractivity contribution in [2.24, 2.45) is 4.99 Å². The smallest absolute Gasteiger partial charge is 0.148 e. The maximum atomic E-state index is 5.17. The van der Waals surface area contributed by atoms with Gasteiger partial charge in [0.1, 0.15) is 6.17 Å². The first-order valence-electron chi connectivity index (χ1n) is 13.9. The Bertz CT molecular complexity index is 2220. The van der Waals surface area contributed by atoms with E-state index in [9.17, 15) is 0 Å². The summed E-state index contributed by atoms with van der Waals surface area (Å²) >= 11 is 1.85. The standard InChI is InChI=1S/C36H24N4S/c1-2-9-24(10-3-1)40-30-13-6-5-12-29(30)38-36(40)23-16-18-25(19-17-23)39-31-14-8-20-37-35(31)28-21-27-26-11-4-7-15-33(26)41-34(27)22-32(28)39/h1-22,30,36H. The molecule has 7 aromatic rings. The molecule has 2 unspecified atom stereocenters. The summed E-state index contributed by atoms with van der Waals surface area (Å²) in [5.74, 6) is 0. The number of benzene rings is 4. The van der Waals surface area contributed by atoms with Crippen LogP contribution in [0, 0.1) is 0 Å². The van der Waals surface area contributed by atoms with Crippen molar-refractivity contribution in [1.29, 1.82) is 0 Å². The topological polar surface area (TPSA) is 33.4 Å². The molecule has 2 atom stereocenters. The molecule has 0 saturated heterocycles. The lowest BCUT2D eigenvalue weighted by atomic mass is 10.0. The van der Waals surface area contributed by atoms with Crippen molar-refractivity contribution in [3.8, 4) is 5.69 Å². The van der Waals surface area contributed by atoms with Crippen LogP contribution in [-0.2, 0) is 0 Å². The fourth-order valence-electron chi connectivity index (χ4n) is 6.49. The molecule has 0 spiro atoms. The second-order valence-electron chi connectivity index (χ2n) is 10.6. The highest BCUT2D eigenvalue weighted by molar-refractivity contribution is 7.25. The lowest BCUT2D eigenvalue weighted by Gasteiger charge is -2.31. The summed E-state index contributed by atoms with van der Waals surface area (Å²) in [7, 11) is 0. The fourth-order valence-corrected chi connectivity index (χ4v) is 7.61. The second-order valence-corrected chi connectivity index (χ2v) is 11.7. The van der Waals surface area contributed by atoms with E-state index in [1.807, 2.05) is 23.6 Å². The number of fused-ring (bicyclic) bond motifs is 7. The largest absolute Gasteiger partial charge is 0.334 e. The van der Waals surface area contributed by atoms with Crippen molar-refractivity contribution in [3.63, 3.8) is 0 Å². The van der Waals surface area contributed by atoms with Gasteiger partial charge in [0.15, 0.2) is 0 Å². The van der Waals surface area contributed by atoms with E-state index in [1.54, 1.807) is 0 Å². The summed E-state index contributed by atoms with van der Waals surface area (Å²) < 4.78 is 4.96. The third kappa shape index (κ3) is 3.39. The van der Waals surface area contributed by atoms with Gasteiger partial charge in [-0.1, -0.05) is 66.8 Å². The summed E-state index contributed by atoms with van der Waals surface area (Å²) in [4.78, 5) is 12.4. The van der Waals surface area contributed by atoms with E-state index in [0.29, 0.717) is 0 Å². The van der Waals surface area contributed by atoms with Gasteiger partial charge in [-0.05, 0) is 66.2 Å². The van der Waals surface area contributed by atoms with E-state index in [0.717, 1.165) is 22.4 Å². The molecular weight excluding hydrogens is 520 g/mol. The molecule has 2 aliphatic rings. The molecule has 0 fully saturated rings. The molecule has 41 heavy (non-hydrogen) atoms. The molecule has 1 aliphatic heterocycles. The number of nitrogens with zero attached hydrogens (tertiary/aromatic N) is 4. The van der Waals surface area contributed by atoms with Crippen molar-refractivity contribution in [2.75, 3.05) is 4.90 Å². The Balaban J connectivity index is 1.20. The molecule has 4 heterocycles. The maximum Gasteiger partial charge on any atom is 0.148 e. The van der Waals surface area contributed by atoms with Gasteiger partial charge in [0.25, 0.3) is 0 Å².